The van der Waals surface area contributed by atoms with E-state index in [9.17, 15) is 0 Å². The molecule has 0 aromatic carbocycles. The van der Waals surface area contributed by atoms with Crippen molar-refractivity contribution in [2.45, 2.75) is 58.5 Å². The van der Waals surface area contributed by atoms with E-state index in [1.807, 2.05) is 6.20 Å². The minimum Gasteiger partial charge on any atom is -0.306 e. The first-order chi connectivity index (χ1) is 8.46. The lowest BCUT2D eigenvalue weighted by Gasteiger charge is -2.33. The fraction of sp³-hybridized carbons (Fsp3) is 0.786. The van der Waals surface area contributed by atoms with Crippen molar-refractivity contribution < 1.29 is 0 Å². The molecule has 1 aromatic rings. The molecule has 18 heavy (non-hydrogen) atoms. The summed E-state index contributed by atoms with van der Waals surface area (Å²) in [5.41, 5.74) is 1.44. The van der Waals surface area contributed by atoms with Crippen molar-refractivity contribution in [1.29, 1.82) is 0 Å². The Morgan fingerprint density at radius 3 is 2.67 bits per heavy atom. The van der Waals surface area contributed by atoms with Gasteiger partial charge in [-0.1, -0.05) is 13.8 Å². The topological polar surface area (TPSA) is 29.9 Å². The summed E-state index contributed by atoms with van der Waals surface area (Å²) in [6.45, 7) is 10.1. The molecule has 1 aliphatic heterocycles. The Bertz CT molecular complexity index is 403. The van der Waals surface area contributed by atoms with Crippen LogP contribution in [0.2, 0.25) is 0 Å². The second-order valence-electron chi connectivity index (χ2n) is 6.09. The maximum Gasteiger partial charge on any atom is 0.0730 e. The van der Waals surface area contributed by atoms with Crippen LogP contribution in [-0.2, 0) is 5.54 Å². The first kappa shape index (κ1) is 14.1. The second-order valence-corrected chi connectivity index (χ2v) is 6.94. The second kappa shape index (κ2) is 5.33. The molecular formula is C14H24BrN3. The average Bonchev–Trinajstić information content (AvgIpc) is 2.84. The number of hydrogen-bond donors (Lipinski definition) is 1. The van der Waals surface area contributed by atoms with Gasteiger partial charge in [-0.2, -0.15) is 5.10 Å². The van der Waals surface area contributed by atoms with Crippen LogP contribution in [0.1, 0.15) is 58.7 Å². The fourth-order valence-electron chi connectivity index (χ4n) is 3.16. The van der Waals surface area contributed by atoms with Gasteiger partial charge in [-0.3, -0.25) is 4.68 Å². The van der Waals surface area contributed by atoms with Gasteiger partial charge >= 0.3 is 0 Å². The standard InChI is InChI=1S/C14H24BrN3/c1-10(2)8-14(6-5-7-16-14)13-12(15)9-17-18(13)11(3)4/h9-11,16H,5-8H2,1-4H3. The van der Waals surface area contributed by atoms with E-state index < -0.39 is 0 Å². The van der Waals surface area contributed by atoms with Gasteiger partial charge in [-0.25, -0.2) is 0 Å². The van der Waals surface area contributed by atoms with Gasteiger partial charge in [-0.15, -0.1) is 0 Å². The van der Waals surface area contributed by atoms with Crippen molar-refractivity contribution in [3.63, 3.8) is 0 Å². The maximum absolute atomic E-state index is 4.54. The van der Waals surface area contributed by atoms with Crippen molar-refractivity contribution in [1.82, 2.24) is 15.1 Å². The molecule has 0 spiro atoms. The Kier molecular flexibility index (Phi) is 4.17. The van der Waals surface area contributed by atoms with Crippen LogP contribution in [0.4, 0.5) is 0 Å². The zero-order chi connectivity index (χ0) is 13.3. The number of hydrogen-bond acceptors (Lipinski definition) is 2. The SMILES string of the molecule is CC(C)CC1(c2c(Br)cnn2C(C)C)CCCN1. The summed E-state index contributed by atoms with van der Waals surface area (Å²) < 4.78 is 3.32. The summed E-state index contributed by atoms with van der Waals surface area (Å²) in [6, 6.07) is 0.401. The minimum absolute atomic E-state index is 0.105. The lowest BCUT2D eigenvalue weighted by molar-refractivity contribution is 0.280. The van der Waals surface area contributed by atoms with Crippen molar-refractivity contribution >= 4 is 15.9 Å². The van der Waals surface area contributed by atoms with Crippen molar-refractivity contribution in [2.75, 3.05) is 6.54 Å². The fourth-order valence-corrected chi connectivity index (χ4v) is 3.81. The molecule has 0 aliphatic carbocycles. The number of halogens is 1. The maximum atomic E-state index is 4.54. The van der Waals surface area contributed by atoms with Crippen molar-refractivity contribution in [3.05, 3.63) is 16.4 Å². The van der Waals surface area contributed by atoms with Gasteiger partial charge in [0.2, 0.25) is 0 Å². The quantitative estimate of drug-likeness (QED) is 0.915. The molecule has 1 aromatic heterocycles. The summed E-state index contributed by atoms with van der Waals surface area (Å²) in [5.74, 6) is 0.679. The molecule has 1 aliphatic rings. The smallest absolute Gasteiger partial charge is 0.0730 e. The van der Waals surface area contributed by atoms with Crippen LogP contribution in [0.15, 0.2) is 10.7 Å². The molecule has 0 amide bonds. The van der Waals surface area contributed by atoms with E-state index in [-0.39, 0.29) is 5.54 Å². The molecule has 1 saturated heterocycles. The lowest BCUT2D eigenvalue weighted by atomic mass is 9.84. The van der Waals surface area contributed by atoms with Crippen molar-refractivity contribution in [3.8, 4) is 0 Å². The highest BCUT2D eigenvalue weighted by molar-refractivity contribution is 9.10. The molecule has 1 N–H and O–H groups in total. The molecular weight excluding hydrogens is 290 g/mol. The van der Waals surface area contributed by atoms with Crippen LogP contribution in [-0.4, -0.2) is 16.3 Å². The first-order valence-corrected chi connectivity index (χ1v) is 7.74. The highest BCUT2D eigenvalue weighted by Crippen LogP contribution is 2.40. The van der Waals surface area contributed by atoms with Crippen LogP contribution >= 0.6 is 15.9 Å². The van der Waals surface area contributed by atoms with E-state index in [2.05, 4.69) is 58.7 Å². The van der Waals surface area contributed by atoms with E-state index in [0.29, 0.717) is 12.0 Å². The van der Waals surface area contributed by atoms with E-state index >= 15 is 0 Å². The zero-order valence-electron chi connectivity index (χ0n) is 11.8. The molecule has 0 saturated carbocycles. The van der Waals surface area contributed by atoms with E-state index in [1.54, 1.807) is 0 Å². The van der Waals surface area contributed by atoms with Gasteiger partial charge in [0.05, 0.1) is 21.9 Å². The number of nitrogens with zero attached hydrogens (tertiary/aromatic N) is 2. The molecule has 3 nitrogen and oxygen atoms in total. The highest BCUT2D eigenvalue weighted by Gasteiger charge is 2.40. The first-order valence-electron chi connectivity index (χ1n) is 6.95. The molecule has 2 heterocycles. The van der Waals surface area contributed by atoms with Crippen LogP contribution in [0, 0.1) is 5.92 Å². The van der Waals surface area contributed by atoms with Gasteiger partial charge in [0, 0.05) is 6.04 Å². The van der Waals surface area contributed by atoms with E-state index in [4.69, 9.17) is 0 Å². The normalized spacial score (nSPS) is 24.4. The van der Waals surface area contributed by atoms with Gasteiger partial charge in [0.25, 0.3) is 0 Å². The monoisotopic (exact) mass is 313 g/mol. The third-order valence-corrected chi connectivity index (χ3v) is 4.27. The molecule has 1 atom stereocenters. The molecule has 1 fully saturated rings. The molecule has 0 bridgehead atoms. The Morgan fingerprint density at radius 1 is 1.44 bits per heavy atom. The van der Waals surface area contributed by atoms with Crippen LogP contribution in [0.25, 0.3) is 0 Å². The Labute approximate surface area is 118 Å². The van der Waals surface area contributed by atoms with Crippen LogP contribution in [0.5, 0.6) is 0 Å². The lowest BCUT2D eigenvalue weighted by Crippen LogP contribution is -2.40. The largest absolute Gasteiger partial charge is 0.306 e. The van der Waals surface area contributed by atoms with E-state index in [0.717, 1.165) is 11.0 Å². The zero-order valence-corrected chi connectivity index (χ0v) is 13.4. The molecule has 4 heteroatoms. The summed E-state index contributed by atoms with van der Waals surface area (Å²) in [5, 5.41) is 8.29. The minimum atomic E-state index is 0.105. The van der Waals surface area contributed by atoms with E-state index in [1.165, 1.54) is 25.0 Å². The third-order valence-electron chi connectivity index (χ3n) is 3.69. The third kappa shape index (κ3) is 2.50. The van der Waals surface area contributed by atoms with Gasteiger partial charge in [0.15, 0.2) is 0 Å². The summed E-state index contributed by atoms with van der Waals surface area (Å²) in [6.07, 6.45) is 5.58. The summed E-state index contributed by atoms with van der Waals surface area (Å²) in [4.78, 5) is 0. The van der Waals surface area contributed by atoms with Crippen LogP contribution in [0.3, 0.4) is 0 Å². The highest BCUT2D eigenvalue weighted by atomic mass is 79.9. The van der Waals surface area contributed by atoms with Crippen molar-refractivity contribution in [2.24, 2.45) is 5.92 Å². The summed E-state index contributed by atoms with van der Waals surface area (Å²) in [7, 11) is 0. The number of rotatable bonds is 4. The van der Waals surface area contributed by atoms with Gasteiger partial charge in [0.1, 0.15) is 0 Å². The molecule has 102 valence electrons. The molecule has 2 rings (SSSR count). The summed E-state index contributed by atoms with van der Waals surface area (Å²) >= 11 is 3.70. The number of nitrogens with one attached hydrogen (secondary N) is 1. The van der Waals surface area contributed by atoms with Gasteiger partial charge in [-0.05, 0) is 61.5 Å². The van der Waals surface area contributed by atoms with Gasteiger partial charge < -0.3 is 5.32 Å². The predicted molar refractivity (Wildman–Crippen MR) is 78.7 cm³/mol. The average molecular weight is 314 g/mol. The number of aromatic nitrogens is 2. The Balaban J connectivity index is 2.45. The predicted octanol–water partition coefficient (Wildman–Crippen LogP) is 3.85. The molecule has 0 radical (unpaired) electrons. The Hall–Kier alpha value is -0.350. The molecule has 1 unspecified atom stereocenters. The van der Waals surface area contributed by atoms with Crippen LogP contribution < -0.4 is 5.32 Å². The Morgan fingerprint density at radius 2 is 2.17 bits per heavy atom.